The van der Waals surface area contributed by atoms with E-state index in [2.05, 4.69) is 4.74 Å². The molecule has 0 bridgehead atoms. The van der Waals surface area contributed by atoms with Crippen molar-refractivity contribution in [1.82, 2.24) is 0 Å². The number of ether oxygens (including phenoxy) is 1. The van der Waals surface area contributed by atoms with Gasteiger partial charge in [0.05, 0.1) is 13.0 Å². The predicted molar refractivity (Wildman–Crippen MR) is 75.0 cm³/mol. The summed E-state index contributed by atoms with van der Waals surface area (Å²) in [5.41, 5.74) is 6.84. The second-order valence-corrected chi connectivity index (χ2v) is 4.55. The summed E-state index contributed by atoms with van der Waals surface area (Å²) in [6, 6.07) is 6.76. The molecule has 21 heavy (non-hydrogen) atoms. The molecule has 0 heterocycles. The van der Waals surface area contributed by atoms with Gasteiger partial charge in [-0.1, -0.05) is 6.92 Å². The number of amides is 1. The zero-order chi connectivity index (χ0) is 15.9. The number of carbonyl (C=O) groups is 1. The zero-order valence-corrected chi connectivity index (χ0v) is 11.8. The monoisotopic (exact) mass is 304 g/mol. The first-order valence-electron chi connectivity index (χ1n) is 6.64. The normalized spacial score (nSPS) is 11.4. The third-order valence-corrected chi connectivity index (χ3v) is 2.68. The van der Waals surface area contributed by atoms with Crippen molar-refractivity contribution in [2.45, 2.75) is 25.9 Å². The Balaban J connectivity index is 2.55. The van der Waals surface area contributed by atoms with E-state index in [4.69, 9.17) is 5.73 Å². The van der Waals surface area contributed by atoms with Gasteiger partial charge < -0.3 is 15.4 Å². The fourth-order valence-corrected chi connectivity index (χ4v) is 1.76. The quantitative estimate of drug-likeness (QED) is 0.622. The number of rotatable bonds is 7. The van der Waals surface area contributed by atoms with Crippen molar-refractivity contribution in [2.24, 2.45) is 0 Å². The lowest BCUT2D eigenvalue weighted by Crippen LogP contribution is -2.32. The number of nitrogens with two attached hydrogens (primary N) is 1. The first-order valence-corrected chi connectivity index (χ1v) is 6.64. The van der Waals surface area contributed by atoms with Crippen LogP contribution in [0.3, 0.4) is 0 Å². The maximum absolute atomic E-state index is 12.1. The molecule has 4 nitrogen and oxygen atoms in total. The Labute approximate surface area is 121 Å². The first kappa shape index (κ1) is 17.3. The number of alkyl halides is 3. The van der Waals surface area contributed by atoms with Gasteiger partial charge in [0.1, 0.15) is 6.61 Å². The van der Waals surface area contributed by atoms with Crippen molar-refractivity contribution in [1.29, 1.82) is 0 Å². The number of anilines is 2. The Kier molecular flexibility index (Phi) is 6.48. The molecule has 1 rings (SSSR count). The van der Waals surface area contributed by atoms with E-state index in [1.54, 1.807) is 24.3 Å². The van der Waals surface area contributed by atoms with E-state index >= 15 is 0 Å². The Morgan fingerprint density at radius 1 is 1.29 bits per heavy atom. The van der Waals surface area contributed by atoms with Crippen molar-refractivity contribution < 1.29 is 22.7 Å². The lowest BCUT2D eigenvalue weighted by molar-refractivity contribution is -0.174. The van der Waals surface area contributed by atoms with E-state index in [9.17, 15) is 18.0 Å². The number of hydrogen-bond donors (Lipinski definition) is 1. The Morgan fingerprint density at radius 2 is 1.90 bits per heavy atom. The number of halogens is 3. The van der Waals surface area contributed by atoms with Crippen LogP contribution in [0.1, 0.15) is 19.8 Å². The minimum absolute atomic E-state index is 0.0968. The Hall–Kier alpha value is -1.76. The Morgan fingerprint density at radius 3 is 2.43 bits per heavy atom. The molecule has 0 saturated heterocycles. The Bertz CT molecular complexity index is 447. The molecule has 1 aromatic carbocycles. The van der Waals surface area contributed by atoms with E-state index in [1.807, 2.05) is 6.92 Å². The van der Waals surface area contributed by atoms with Crippen LogP contribution >= 0.6 is 0 Å². The highest BCUT2D eigenvalue weighted by atomic mass is 19.4. The van der Waals surface area contributed by atoms with Gasteiger partial charge in [0.2, 0.25) is 5.91 Å². The van der Waals surface area contributed by atoms with Crippen LogP contribution in [0.25, 0.3) is 0 Å². The fourth-order valence-electron chi connectivity index (χ4n) is 1.76. The molecule has 0 fully saturated rings. The second kappa shape index (κ2) is 7.87. The van der Waals surface area contributed by atoms with Crippen LogP contribution in [0.15, 0.2) is 24.3 Å². The van der Waals surface area contributed by atoms with Crippen LogP contribution < -0.4 is 10.6 Å². The van der Waals surface area contributed by atoms with Gasteiger partial charge in [-0.3, -0.25) is 4.79 Å². The van der Waals surface area contributed by atoms with Crippen LogP contribution in [0.2, 0.25) is 0 Å². The third-order valence-electron chi connectivity index (χ3n) is 2.68. The van der Waals surface area contributed by atoms with Crippen LogP contribution in [0.4, 0.5) is 24.5 Å². The van der Waals surface area contributed by atoms with E-state index < -0.39 is 12.8 Å². The molecule has 1 amide bonds. The summed E-state index contributed by atoms with van der Waals surface area (Å²) in [6.45, 7) is 0.809. The lowest BCUT2D eigenvalue weighted by atomic mass is 10.2. The van der Waals surface area contributed by atoms with Crippen molar-refractivity contribution in [3.05, 3.63) is 24.3 Å². The largest absolute Gasteiger partial charge is 0.411 e. The van der Waals surface area contributed by atoms with E-state index in [0.29, 0.717) is 17.9 Å². The minimum Gasteiger partial charge on any atom is -0.399 e. The summed E-state index contributed by atoms with van der Waals surface area (Å²) < 4.78 is 40.2. The maximum atomic E-state index is 12.1. The third kappa shape index (κ3) is 6.48. The summed E-state index contributed by atoms with van der Waals surface area (Å²) in [7, 11) is 0. The molecule has 0 unspecified atom stereocenters. The highest BCUT2D eigenvalue weighted by molar-refractivity contribution is 5.93. The number of carbonyl (C=O) groups excluding carboxylic acids is 1. The van der Waals surface area contributed by atoms with Gasteiger partial charge in [0.15, 0.2) is 0 Å². The SMILES string of the molecule is CCCN(C(=O)CCOCC(F)(F)F)c1ccc(N)cc1. The number of nitrogens with zero attached hydrogens (tertiary/aromatic N) is 1. The maximum Gasteiger partial charge on any atom is 0.411 e. The molecule has 0 saturated carbocycles. The molecule has 0 aliphatic carbocycles. The van der Waals surface area contributed by atoms with Crippen LogP contribution in [-0.4, -0.2) is 31.8 Å². The highest BCUT2D eigenvalue weighted by Gasteiger charge is 2.27. The van der Waals surface area contributed by atoms with E-state index in [1.165, 1.54) is 4.90 Å². The van der Waals surface area contributed by atoms with Crippen LogP contribution in [0.5, 0.6) is 0 Å². The van der Waals surface area contributed by atoms with Gasteiger partial charge in [-0.05, 0) is 30.7 Å². The summed E-state index contributed by atoms with van der Waals surface area (Å²) in [4.78, 5) is 13.6. The molecule has 0 aliphatic heterocycles. The van der Waals surface area contributed by atoms with Gasteiger partial charge in [-0.15, -0.1) is 0 Å². The second-order valence-electron chi connectivity index (χ2n) is 4.55. The topological polar surface area (TPSA) is 55.6 Å². The molecule has 0 atom stereocenters. The standard InChI is InChI=1S/C14H19F3N2O2/c1-2-8-19(12-5-3-11(18)4-6-12)13(20)7-9-21-10-14(15,16)17/h3-6H,2,7-10,18H2,1H3. The smallest absolute Gasteiger partial charge is 0.399 e. The van der Waals surface area contributed by atoms with E-state index in [-0.39, 0.29) is 18.9 Å². The van der Waals surface area contributed by atoms with Gasteiger partial charge >= 0.3 is 6.18 Å². The average Bonchev–Trinajstić information content (AvgIpc) is 2.41. The molecular weight excluding hydrogens is 285 g/mol. The summed E-state index contributed by atoms with van der Waals surface area (Å²) in [5, 5.41) is 0. The molecule has 118 valence electrons. The summed E-state index contributed by atoms with van der Waals surface area (Å²) in [6.07, 6.45) is -3.73. The molecule has 0 radical (unpaired) electrons. The van der Waals surface area contributed by atoms with Gasteiger partial charge in [-0.2, -0.15) is 13.2 Å². The predicted octanol–water partition coefficient (Wildman–Crippen LogP) is 2.98. The summed E-state index contributed by atoms with van der Waals surface area (Å²) in [5.74, 6) is -0.274. The molecule has 7 heteroatoms. The fraction of sp³-hybridized carbons (Fsp3) is 0.500. The summed E-state index contributed by atoms with van der Waals surface area (Å²) >= 11 is 0. The lowest BCUT2D eigenvalue weighted by Gasteiger charge is -2.22. The van der Waals surface area contributed by atoms with Crippen molar-refractivity contribution >= 4 is 17.3 Å². The molecular formula is C14H19F3N2O2. The van der Waals surface area contributed by atoms with Crippen LogP contribution in [0, 0.1) is 0 Å². The first-order chi connectivity index (χ1) is 9.83. The van der Waals surface area contributed by atoms with Crippen molar-refractivity contribution in [2.75, 3.05) is 30.4 Å². The average molecular weight is 304 g/mol. The molecule has 2 N–H and O–H groups in total. The molecule has 0 spiro atoms. The van der Waals surface area contributed by atoms with Gasteiger partial charge in [-0.25, -0.2) is 0 Å². The van der Waals surface area contributed by atoms with Crippen LogP contribution in [-0.2, 0) is 9.53 Å². The minimum atomic E-state index is -4.37. The van der Waals surface area contributed by atoms with Crippen molar-refractivity contribution in [3.63, 3.8) is 0 Å². The molecule has 0 aliphatic rings. The van der Waals surface area contributed by atoms with Gasteiger partial charge in [0, 0.05) is 17.9 Å². The van der Waals surface area contributed by atoms with Gasteiger partial charge in [0.25, 0.3) is 0 Å². The number of benzene rings is 1. The molecule has 0 aromatic heterocycles. The molecule has 1 aromatic rings. The van der Waals surface area contributed by atoms with E-state index in [0.717, 1.165) is 6.42 Å². The van der Waals surface area contributed by atoms with Crippen molar-refractivity contribution in [3.8, 4) is 0 Å². The zero-order valence-electron chi connectivity index (χ0n) is 11.8. The number of nitrogen functional groups attached to an aromatic ring is 1. The number of hydrogen-bond acceptors (Lipinski definition) is 3. The highest BCUT2D eigenvalue weighted by Crippen LogP contribution is 2.18.